The van der Waals surface area contributed by atoms with E-state index in [0.717, 1.165) is 37.7 Å². The summed E-state index contributed by atoms with van der Waals surface area (Å²) < 4.78 is 12.5. The summed E-state index contributed by atoms with van der Waals surface area (Å²) in [5.41, 5.74) is 2.43. The number of aryl methyl sites for hydroxylation is 1. The van der Waals surface area contributed by atoms with Gasteiger partial charge in [-0.3, -0.25) is 0 Å². The van der Waals surface area contributed by atoms with Crippen LogP contribution in [-0.2, 0) is 15.9 Å². The van der Waals surface area contributed by atoms with Gasteiger partial charge in [0, 0.05) is 18.4 Å². The zero-order valence-electron chi connectivity index (χ0n) is 16.6. The summed E-state index contributed by atoms with van der Waals surface area (Å²) in [5.74, 6) is 0. The predicted octanol–water partition coefficient (Wildman–Crippen LogP) is 5.60. The first-order valence-electron chi connectivity index (χ1n) is 10.4. The highest BCUT2D eigenvalue weighted by atomic mass is 16.7. The molecule has 0 saturated carbocycles. The van der Waals surface area contributed by atoms with Crippen molar-refractivity contribution in [3.8, 4) is 0 Å². The second kappa shape index (κ2) is 11.2. The highest BCUT2D eigenvalue weighted by Gasteiger charge is 2.31. The average Bonchev–Trinajstić information content (AvgIpc) is 2.73. The lowest BCUT2D eigenvalue weighted by Crippen LogP contribution is -2.35. The summed E-state index contributed by atoms with van der Waals surface area (Å²) >= 11 is 0. The Morgan fingerprint density at radius 2 is 1.64 bits per heavy atom. The van der Waals surface area contributed by atoms with Crippen LogP contribution in [-0.4, -0.2) is 23.4 Å². The van der Waals surface area contributed by atoms with Gasteiger partial charge in [-0.15, -0.1) is 6.58 Å². The molecule has 0 bridgehead atoms. The van der Waals surface area contributed by atoms with Crippen molar-refractivity contribution in [2.24, 2.45) is 0 Å². The van der Waals surface area contributed by atoms with Gasteiger partial charge in [0.25, 0.3) is 0 Å². The van der Waals surface area contributed by atoms with Crippen LogP contribution in [0.1, 0.15) is 55.9 Å². The van der Waals surface area contributed by atoms with Crippen molar-refractivity contribution in [2.45, 2.75) is 69.5 Å². The molecule has 2 aromatic carbocycles. The van der Waals surface area contributed by atoms with Gasteiger partial charge in [-0.25, -0.2) is 0 Å². The van der Waals surface area contributed by atoms with Crippen LogP contribution in [0.25, 0.3) is 0 Å². The molecule has 0 aliphatic carbocycles. The molecule has 1 aliphatic rings. The third kappa shape index (κ3) is 6.59. The van der Waals surface area contributed by atoms with Crippen LogP contribution in [0.5, 0.6) is 0 Å². The Balaban J connectivity index is 1.54. The van der Waals surface area contributed by atoms with Crippen LogP contribution < -0.4 is 0 Å². The number of benzene rings is 2. The first-order valence-corrected chi connectivity index (χ1v) is 10.4. The molecule has 1 fully saturated rings. The maximum atomic E-state index is 10.2. The molecule has 3 nitrogen and oxygen atoms in total. The lowest BCUT2D eigenvalue weighted by Gasteiger charge is -2.37. The Morgan fingerprint density at radius 1 is 0.964 bits per heavy atom. The number of rotatable bonds is 10. The topological polar surface area (TPSA) is 38.7 Å². The van der Waals surface area contributed by atoms with Crippen LogP contribution >= 0.6 is 0 Å². The van der Waals surface area contributed by atoms with Crippen molar-refractivity contribution in [3.05, 3.63) is 84.4 Å². The van der Waals surface area contributed by atoms with Gasteiger partial charge in [0.15, 0.2) is 6.29 Å². The minimum Gasteiger partial charge on any atom is -0.393 e. The van der Waals surface area contributed by atoms with E-state index < -0.39 is 6.10 Å². The van der Waals surface area contributed by atoms with E-state index in [9.17, 15) is 5.11 Å². The molecule has 1 N–H and O–H groups in total. The number of unbranched alkanes of at least 4 members (excludes halogenated alkanes) is 1. The molecule has 3 heteroatoms. The molecule has 28 heavy (non-hydrogen) atoms. The van der Waals surface area contributed by atoms with Gasteiger partial charge in [-0.1, -0.05) is 73.2 Å². The summed E-state index contributed by atoms with van der Waals surface area (Å²) in [6.07, 6.45) is 7.64. The van der Waals surface area contributed by atoms with Gasteiger partial charge in [-0.2, -0.15) is 0 Å². The molecule has 4 atom stereocenters. The van der Waals surface area contributed by atoms with Crippen LogP contribution in [0.4, 0.5) is 0 Å². The first kappa shape index (κ1) is 20.8. The van der Waals surface area contributed by atoms with E-state index in [2.05, 4.69) is 36.9 Å². The first-order chi connectivity index (χ1) is 13.7. The maximum absolute atomic E-state index is 10.2. The van der Waals surface area contributed by atoms with Crippen LogP contribution in [0.15, 0.2) is 73.3 Å². The second-order valence-electron chi connectivity index (χ2n) is 7.64. The van der Waals surface area contributed by atoms with E-state index in [-0.39, 0.29) is 18.5 Å². The molecule has 3 rings (SSSR count). The van der Waals surface area contributed by atoms with E-state index in [1.54, 1.807) is 6.08 Å². The standard InChI is InChI=1S/C25H32O3/c1-2-11-22(26)18-24-19-23(17-10-9-14-20-12-5-3-6-13-20)27-25(28-24)21-15-7-4-8-16-21/h2-8,12-13,15-16,22-26H,1,9-11,14,17-19H2/t22-,23+,24-,25+/m0/s1. The minimum atomic E-state index is -0.407. The summed E-state index contributed by atoms with van der Waals surface area (Å²) in [6.45, 7) is 3.72. The molecule has 1 saturated heterocycles. The van der Waals surface area contributed by atoms with E-state index in [4.69, 9.17) is 9.47 Å². The van der Waals surface area contributed by atoms with Crippen molar-refractivity contribution in [3.63, 3.8) is 0 Å². The van der Waals surface area contributed by atoms with Crippen LogP contribution in [0.2, 0.25) is 0 Å². The summed E-state index contributed by atoms with van der Waals surface area (Å²) in [4.78, 5) is 0. The number of hydrogen-bond donors (Lipinski definition) is 1. The van der Waals surface area contributed by atoms with E-state index >= 15 is 0 Å². The molecule has 1 aliphatic heterocycles. The molecule has 0 unspecified atom stereocenters. The maximum Gasteiger partial charge on any atom is 0.184 e. The van der Waals surface area contributed by atoms with E-state index in [0.29, 0.717) is 12.8 Å². The molecule has 2 aromatic rings. The summed E-state index contributed by atoms with van der Waals surface area (Å²) in [6, 6.07) is 20.7. The Hall–Kier alpha value is -1.94. The zero-order valence-corrected chi connectivity index (χ0v) is 16.6. The normalized spacial score (nSPS) is 23.2. The fourth-order valence-corrected chi connectivity index (χ4v) is 3.83. The Kier molecular flexibility index (Phi) is 8.28. The minimum absolute atomic E-state index is 0.00743. The van der Waals surface area contributed by atoms with E-state index in [1.165, 1.54) is 5.56 Å². The summed E-state index contributed by atoms with van der Waals surface area (Å²) in [5, 5.41) is 10.2. The van der Waals surface area contributed by atoms with Gasteiger partial charge in [0.1, 0.15) is 0 Å². The lowest BCUT2D eigenvalue weighted by atomic mass is 9.97. The number of ether oxygens (including phenoxy) is 2. The third-order valence-electron chi connectivity index (χ3n) is 5.29. The van der Waals surface area contributed by atoms with Crippen molar-refractivity contribution in [1.82, 2.24) is 0 Å². The van der Waals surface area contributed by atoms with Gasteiger partial charge < -0.3 is 14.6 Å². The molecular formula is C25H32O3. The number of aliphatic hydroxyl groups is 1. The molecule has 0 spiro atoms. The van der Waals surface area contributed by atoms with Gasteiger partial charge in [0.05, 0.1) is 18.3 Å². The van der Waals surface area contributed by atoms with Crippen molar-refractivity contribution in [1.29, 1.82) is 0 Å². The van der Waals surface area contributed by atoms with Crippen LogP contribution in [0, 0.1) is 0 Å². The smallest absolute Gasteiger partial charge is 0.184 e. The second-order valence-corrected chi connectivity index (χ2v) is 7.64. The fourth-order valence-electron chi connectivity index (χ4n) is 3.83. The molecule has 0 aromatic heterocycles. The molecule has 0 amide bonds. The monoisotopic (exact) mass is 380 g/mol. The van der Waals surface area contributed by atoms with Crippen molar-refractivity contribution >= 4 is 0 Å². The van der Waals surface area contributed by atoms with Gasteiger partial charge >= 0.3 is 0 Å². The lowest BCUT2D eigenvalue weighted by molar-refractivity contribution is -0.253. The number of aliphatic hydroxyl groups excluding tert-OH is 1. The third-order valence-corrected chi connectivity index (χ3v) is 5.29. The van der Waals surface area contributed by atoms with Crippen molar-refractivity contribution < 1.29 is 14.6 Å². The highest BCUT2D eigenvalue weighted by Crippen LogP contribution is 2.33. The Labute approximate surface area is 169 Å². The van der Waals surface area contributed by atoms with E-state index in [1.807, 2.05) is 30.3 Å². The molecule has 1 heterocycles. The molecule has 150 valence electrons. The SMILES string of the molecule is C=CC[C@H](O)C[C@H]1C[C@@H](CCCCc2ccccc2)O[C@@H](c2ccccc2)O1. The Morgan fingerprint density at radius 3 is 2.36 bits per heavy atom. The summed E-state index contributed by atoms with van der Waals surface area (Å²) in [7, 11) is 0. The van der Waals surface area contributed by atoms with Crippen molar-refractivity contribution in [2.75, 3.05) is 0 Å². The van der Waals surface area contributed by atoms with Gasteiger partial charge in [0.2, 0.25) is 0 Å². The predicted molar refractivity (Wildman–Crippen MR) is 113 cm³/mol. The fraction of sp³-hybridized carbons (Fsp3) is 0.440. The average molecular weight is 381 g/mol. The number of hydrogen-bond acceptors (Lipinski definition) is 3. The Bertz CT molecular complexity index is 685. The van der Waals surface area contributed by atoms with Crippen LogP contribution in [0.3, 0.4) is 0 Å². The molecular weight excluding hydrogens is 348 g/mol. The highest BCUT2D eigenvalue weighted by molar-refractivity contribution is 5.16. The quantitative estimate of drug-likeness (QED) is 0.431. The largest absolute Gasteiger partial charge is 0.393 e. The molecule has 0 radical (unpaired) electrons. The van der Waals surface area contributed by atoms with Gasteiger partial charge in [-0.05, 0) is 31.2 Å². The zero-order chi connectivity index (χ0) is 19.6.